The molecule has 0 aromatic carbocycles. The molecule has 0 N–H and O–H groups in total. The second kappa shape index (κ2) is 36.3. The second-order valence-corrected chi connectivity index (χ2v) is 17.0. The standard InChI is InChI=1S/C42H80NO4.CH4O3S/c1-7-9-11-13-15-17-19-21-23-25-27-29-31-33-35-37-40(44)46-39(3)42(43(4,5)6)47-41(45)38-36-34-32-30-28-26-24-22-20-18-16-14-12-10-8-2;1-5(2,3)4/h21-24,39,42H,7-20,25-38H2,1-6H3;1H3,(H,2,3,4)/q+1;/p-1. The summed E-state index contributed by atoms with van der Waals surface area (Å²) in [5.41, 5.74) is 0. The maximum atomic E-state index is 12.7. The zero-order valence-corrected chi connectivity index (χ0v) is 35.8. The van der Waals surface area contributed by atoms with E-state index in [1.807, 2.05) is 28.1 Å². The molecule has 308 valence electrons. The molecule has 2 unspecified atom stereocenters. The van der Waals surface area contributed by atoms with Gasteiger partial charge in [-0.3, -0.25) is 14.1 Å². The van der Waals surface area contributed by atoms with Gasteiger partial charge < -0.3 is 14.0 Å². The summed E-state index contributed by atoms with van der Waals surface area (Å²) in [5, 5.41) is 0. The van der Waals surface area contributed by atoms with Crippen LogP contribution in [0.3, 0.4) is 0 Å². The molecule has 0 spiro atoms. The number of nitrogens with zero attached hydrogens (tertiary/aromatic N) is 1. The van der Waals surface area contributed by atoms with E-state index in [2.05, 4.69) is 38.2 Å². The lowest BCUT2D eigenvalue weighted by Gasteiger charge is -2.36. The number of hydrogen-bond acceptors (Lipinski definition) is 7. The minimum atomic E-state index is -3.92. The third-order valence-corrected chi connectivity index (χ3v) is 9.02. The Hall–Kier alpha value is -1.71. The van der Waals surface area contributed by atoms with Gasteiger partial charge in [-0.2, -0.15) is 0 Å². The molecule has 0 heterocycles. The van der Waals surface area contributed by atoms with Crippen molar-refractivity contribution < 1.29 is 36.5 Å². The van der Waals surface area contributed by atoms with Crippen LogP contribution in [0.2, 0.25) is 0 Å². The molecule has 0 aliphatic carbocycles. The third kappa shape index (κ3) is 42.7. The van der Waals surface area contributed by atoms with Gasteiger partial charge in [0.1, 0.15) is 0 Å². The fourth-order valence-electron chi connectivity index (χ4n) is 6.08. The number of esters is 2. The summed E-state index contributed by atoms with van der Waals surface area (Å²) in [6.07, 6.45) is 41.9. The highest BCUT2D eigenvalue weighted by Crippen LogP contribution is 2.18. The van der Waals surface area contributed by atoms with E-state index in [1.165, 1.54) is 116 Å². The average Bonchev–Trinajstić information content (AvgIpc) is 3.05. The molecule has 0 aromatic rings. The predicted octanol–water partition coefficient (Wildman–Crippen LogP) is 11.7. The lowest BCUT2D eigenvalue weighted by Crippen LogP contribution is -2.54. The topological polar surface area (TPSA) is 110 Å². The second-order valence-electron chi connectivity index (χ2n) is 15.6. The Bertz CT molecular complexity index is 980. The summed E-state index contributed by atoms with van der Waals surface area (Å²) < 4.78 is 39.2. The molecular weight excluding hydrogens is 675 g/mol. The van der Waals surface area contributed by atoms with Crippen LogP contribution < -0.4 is 0 Å². The molecule has 0 rings (SSSR count). The van der Waals surface area contributed by atoms with Crippen molar-refractivity contribution in [3.8, 4) is 0 Å². The molecule has 2 atom stereocenters. The molecule has 0 aromatic heterocycles. The SMILES string of the molecule is CCCCCCCCC=CCCCCCCCC(=O)OC(C)C(OC(=O)CCCCCCCC=CCCCCCCCC)[N+](C)(C)C.CS(=O)(=O)[O-]. The van der Waals surface area contributed by atoms with Gasteiger partial charge in [0.15, 0.2) is 6.10 Å². The number of quaternary nitrogens is 1. The Morgan fingerprint density at radius 1 is 0.538 bits per heavy atom. The summed E-state index contributed by atoms with van der Waals surface area (Å²) >= 11 is 0. The maximum absolute atomic E-state index is 12.7. The smallest absolute Gasteiger partial charge is 0.310 e. The average molecular weight is 758 g/mol. The van der Waals surface area contributed by atoms with Crippen LogP contribution in [-0.2, 0) is 29.2 Å². The van der Waals surface area contributed by atoms with E-state index in [1.54, 1.807) is 0 Å². The molecule has 0 radical (unpaired) electrons. The number of carbonyl (C=O) groups excluding carboxylic acids is 2. The fourth-order valence-corrected chi connectivity index (χ4v) is 6.08. The molecule has 0 fully saturated rings. The lowest BCUT2D eigenvalue weighted by molar-refractivity contribution is -0.920. The number of rotatable bonds is 34. The van der Waals surface area contributed by atoms with E-state index < -0.39 is 22.4 Å². The summed E-state index contributed by atoms with van der Waals surface area (Å²) in [5.74, 6) is -0.386. The Labute approximate surface area is 322 Å². The van der Waals surface area contributed by atoms with Crippen LogP contribution >= 0.6 is 0 Å². The van der Waals surface area contributed by atoms with Crippen LogP contribution in [0, 0.1) is 0 Å². The number of unbranched alkanes of at least 4 members (excludes halogenated alkanes) is 22. The van der Waals surface area contributed by atoms with Gasteiger partial charge in [0, 0.05) is 19.1 Å². The van der Waals surface area contributed by atoms with Gasteiger partial charge in [0.25, 0.3) is 6.23 Å². The molecule has 0 aliphatic heterocycles. The highest BCUT2D eigenvalue weighted by molar-refractivity contribution is 7.84. The van der Waals surface area contributed by atoms with Crippen molar-refractivity contribution in [3.05, 3.63) is 24.3 Å². The van der Waals surface area contributed by atoms with Gasteiger partial charge in [-0.1, -0.05) is 141 Å². The number of ether oxygens (including phenoxy) is 2. The van der Waals surface area contributed by atoms with E-state index >= 15 is 0 Å². The summed E-state index contributed by atoms with van der Waals surface area (Å²) in [6, 6.07) is 0. The molecule has 0 bridgehead atoms. The molecule has 0 saturated heterocycles. The van der Waals surface area contributed by atoms with E-state index in [4.69, 9.17) is 22.4 Å². The van der Waals surface area contributed by atoms with Gasteiger partial charge in [0.05, 0.1) is 31.3 Å². The van der Waals surface area contributed by atoms with Gasteiger partial charge in [-0.15, -0.1) is 0 Å². The Morgan fingerprint density at radius 2 is 0.808 bits per heavy atom. The number of allylic oxidation sites excluding steroid dienone is 4. The van der Waals surface area contributed by atoms with E-state index in [0.29, 0.717) is 23.6 Å². The quantitative estimate of drug-likeness (QED) is 0.0160. The zero-order chi connectivity index (χ0) is 39.4. The first kappa shape index (κ1) is 52.4. The highest BCUT2D eigenvalue weighted by atomic mass is 32.2. The Balaban J connectivity index is 0. The Morgan fingerprint density at radius 3 is 1.12 bits per heavy atom. The maximum Gasteiger partial charge on any atom is 0.310 e. The van der Waals surface area contributed by atoms with Crippen LogP contribution in [-0.4, -0.2) is 69.1 Å². The Kier molecular flexibility index (Phi) is 36.6. The van der Waals surface area contributed by atoms with Crippen molar-refractivity contribution in [2.45, 2.75) is 213 Å². The van der Waals surface area contributed by atoms with Crippen LogP contribution in [0.5, 0.6) is 0 Å². The van der Waals surface area contributed by atoms with E-state index in [9.17, 15) is 9.59 Å². The first-order chi connectivity index (χ1) is 24.7. The minimum Gasteiger partial charge on any atom is -0.748 e. The summed E-state index contributed by atoms with van der Waals surface area (Å²) in [6.45, 7) is 6.38. The van der Waals surface area contributed by atoms with E-state index in [0.717, 1.165) is 51.4 Å². The van der Waals surface area contributed by atoms with Crippen LogP contribution in [0.25, 0.3) is 0 Å². The van der Waals surface area contributed by atoms with Gasteiger partial charge in [-0.05, 0) is 71.1 Å². The zero-order valence-electron chi connectivity index (χ0n) is 35.0. The highest BCUT2D eigenvalue weighted by Gasteiger charge is 2.36. The molecule has 0 aliphatic rings. The summed E-state index contributed by atoms with van der Waals surface area (Å²) in [7, 11) is 2.02. The molecule has 0 amide bonds. The predicted molar refractivity (Wildman–Crippen MR) is 218 cm³/mol. The lowest BCUT2D eigenvalue weighted by atomic mass is 10.1. The van der Waals surface area contributed by atoms with Crippen molar-refractivity contribution in [3.63, 3.8) is 0 Å². The summed E-state index contributed by atoms with van der Waals surface area (Å²) in [4.78, 5) is 25.2. The minimum absolute atomic E-state index is 0.193. The first-order valence-corrected chi connectivity index (χ1v) is 22.9. The number of likely N-dealkylation sites (N-methyl/N-ethyl adjacent to an activating group) is 1. The number of carbonyl (C=O) groups is 2. The molecule has 0 saturated carbocycles. The van der Waals surface area contributed by atoms with Gasteiger partial charge in [-0.25, -0.2) is 8.42 Å². The molecule has 9 heteroatoms. The first-order valence-electron chi connectivity index (χ1n) is 21.1. The number of hydrogen-bond donors (Lipinski definition) is 0. The van der Waals surface area contributed by atoms with Gasteiger partial charge in [0.2, 0.25) is 0 Å². The van der Waals surface area contributed by atoms with Crippen LogP contribution in [0.1, 0.15) is 201 Å². The molecular formula is C43H83NO7S. The monoisotopic (exact) mass is 758 g/mol. The van der Waals surface area contributed by atoms with Crippen LogP contribution in [0.15, 0.2) is 24.3 Å². The van der Waals surface area contributed by atoms with Crippen LogP contribution in [0.4, 0.5) is 0 Å². The normalized spacial score (nSPS) is 13.2. The van der Waals surface area contributed by atoms with Crippen molar-refractivity contribution >= 4 is 22.1 Å². The third-order valence-electron chi connectivity index (χ3n) is 9.02. The van der Waals surface area contributed by atoms with Crippen molar-refractivity contribution in [2.24, 2.45) is 0 Å². The largest absolute Gasteiger partial charge is 0.748 e. The van der Waals surface area contributed by atoms with Crippen molar-refractivity contribution in [1.82, 2.24) is 0 Å². The molecule has 52 heavy (non-hydrogen) atoms. The molecule has 8 nitrogen and oxygen atoms in total. The van der Waals surface area contributed by atoms with Gasteiger partial charge >= 0.3 is 11.9 Å². The van der Waals surface area contributed by atoms with Crippen molar-refractivity contribution in [1.29, 1.82) is 0 Å². The van der Waals surface area contributed by atoms with E-state index in [-0.39, 0.29) is 11.9 Å². The fraction of sp³-hybridized carbons (Fsp3) is 0.860. The van der Waals surface area contributed by atoms with Crippen molar-refractivity contribution in [2.75, 3.05) is 27.4 Å².